The average Bonchev–Trinajstić information content (AvgIpc) is 2.34. The Morgan fingerprint density at radius 2 is 2.28 bits per heavy atom. The number of rotatable bonds is 7. The van der Waals surface area contributed by atoms with Gasteiger partial charge in [-0.3, -0.25) is 14.9 Å². The summed E-state index contributed by atoms with van der Waals surface area (Å²) >= 11 is 0. The molecular weight excluding hydrogens is 236 g/mol. The van der Waals surface area contributed by atoms with Gasteiger partial charge in [0.25, 0.3) is 5.69 Å². The Morgan fingerprint density at radius 1 is 1.56 bits per heavy atom. The van der Waals surface area contributed by atoms with Crippen LogP contribution in [-0.2, 0) is 11.3 Å². The van der Waals surface area contributed by atoms with Crippen LogP contribution in [0.4, 0.5) is 5.69 Å². The first kappa shape index (κ1) is 14.1. The molecule has 0 bridgehead atoms. The van der Waals surface area contributed by atoms with E-state index in [2.05, 4.69) is 5.32 Å². The summed E-state index contributed by atoms with van der Waals surface area (Å²) < 4.78 is 0. The third kappa shape index (κ3) is 4.14. The van der Waals surface area contributed by atoms with Crippen LogP contribution in [0.5, 0.6) is 0 Å². The number of benzene rings is 1. The molecule has 0 aliphatic rings. The molecule has 0 aromatic heterocycles. The predicted molar refractivity (Wildman–Crippen MR) is 66.3 cm³/mol. The van der Waals surface area contributed by atoms with Gasteiger partial charge in [-0.15, -0.1) is 0 Å². The highest BCUT2D eigenvalue weighted by atomic mass is 16.6. The summed E-state index contributed by atoms with van der Waals surface area (Å²) in [5, 5.41) is 22.4. The van der Waals surface area contributed by atoms with Gasteiger partial charge in [-0.05, 0) is 12.0 Å². The van der Waals surface area contributed by atoms with E-state index in [4.69, 9.17) is 5.11 Å². The van der Waals surface area contributed by atoms with E-state index in [0.29, 0.717) is 18.5 Å². The molecule has 0 amide bonds. The fraction of sp³-hybridized carbons (Fsp3) is 0.417. The van der Waals surface area contributed by atoms with Crippen molar-refractivity contribution in [2.45, 2.75) is 32.4 Å². The maximum absolute atomic E-state index is 10.9. The van der Waals surface area contributed by atoms with E-state index >= 15 is 0 Å². The Morgan fingerprint density at radius 3 is 2.83 bits per heavy atom. The molecule has 0 aliphatic heterocycles. The van der Waals surface area contributed by atoms with Gasteiger partial charge in [-0.2, -0.15) is 0 Å². The van der Waals surface area contributed by atoms with Gasteiger partial charge >= 0.3 is 5.97 Å². The van der Waals surface area contributed by atoms with Gasteiger partial charge in [0.2, 0.25) is 0 Å². The topological polar surface area (TPSA) is 92.5 Å². The first-order valence-electron chi connectivity index (χ1n) is 5.74. The number of non-ortho nitro benzene ring substituents is 1. The highest BCUT2D eigenvalue weighted by molar-refractivity contribution is 5.73. The largest absolute Gasteiger partial charge is 0.480 e. The zero-order valence-corrected chi connectivity index (χ0v) is 10.1. The van der Waals surface area contributed by atoms with Crippen LogP contribution in [0, 0.1) is 10.1 Å². The SMILES string of the molecule is CCCC(NCc1cccc([N+](=O)[O-])c1)C(=O)O. The van der Waals surface area contributed by atoms with E-state index in [-0.39, 0.29) is 5.69 Å². The Bertz CT molecular complexity index is 434. The van der Waals surface area contributed by atoms with E-state index in [0.717, 1.165) is 6.42 Å². The Hall–Kier alpha value is -1.95. The third-order valence-electron chi connectivity index (χ3n) is 2.55. The van der Waals surface area contributed by atoms with Crippen molar-refractivity contribution >= 4 is 11.7 Å². The van der Waals surface area contributed by atoms with Gasteiger partial charge in [0.15, 0.2) is 0 Å². The summed E-state index contributed by atoms with van der Waals surface area (Å²) in [6.45, 7) is 2.21. The molecular formula is C12H16N2O4. The van der Waals surface area contributed by atoms with Crippen LogP contribution in [0.1, 0.15) is 25.3 Å². The standard InChI is InChI=1S/C12H16N2O4/c1-2-4-11(12(15)16)13-8-9-5-3-6-10(7-9)14(17)18/h3,5-7,11,13H,2,4,8H2,1H3,(H,15,16). The number of nitrogens with zero attached hydrogens (tertiary/aromatic N) is 1. The number of nitro benzene ring substituents is 1. The van der Waals surface area contributed by atoms with Crippen LogP contribution in [0.2, 0.25) is 0 Å². The summed E-state index contributed by atoms with van der Waals surface area (Å²) in [5.41, 5.74) is 0.711. The molecule has 18 heavy (non-hydrogen) atoms. The minimum absolute atomic E-state index is 0.0108. The molecule has 1 aromatic carbocycles. The lowest BCUT2D eigenvalue weighted by Crippen LogP contribution is -2.35. The zero-order chi connectivity index (χ0) is 13.5. The molecule has 0 saturated heterocycles. The fourth-order valence-corrected chi connectivity index (χ4v) is 1.62. The van der Waals surface area contributed by atoms with Crippen LogP contribution in [0.15, 0.2) is 24.3 Å². The lowest BCUT2D eigenvalue weighted by molar-refractivity contribution is -0.384. The van der Waals surface area contributed by atoms with Crippen molar-refractivity contribution in [3.8, 4) is 0 Å². The molecule has 6 nitrogen and oxygen atoms in total. The second kappa shape index (κ2) is 6.70. The first-order valence-corrected chi connectivity index (χ1v) is 5.74. The molecule has 0 radical (unpaired) electrons. The molecule has 0 heterocycles. The number of carboxylic acids is 1. The van der Waals surface area contributed by atoms with E-state index in [1.165, 1.54) is 12.1 Å². The number of aliphatic carboxylic acids is 1. The van der Waals surface area contributed by atoms with Crippen LogP contribution >= 0.6 is 0 Å². The molecule has 1 rings (SSSR count). The van der Waals surface area contributed by atoms with Crippen molar-refractivity contribution in [2.75, 3.05) is 0 Å². The number of carboxylic acid groups (broad SMARTS) is 1. The highest BCUT2D eigenvalue weighted by Crippen LogP contribution is 2.13. The van der Waals surface area contributed by atoms with Crippen molar-refractivity contribution in [2.24, 2.45) is 0 Å². The first-order chi connectivity index (χ1) is 8.54. The normalized spacial score (nSPS) is 12.1. The van der Waals surface area contributed by atoms with Gasteiger partial charge in [-0.25, -0.2) is 0 Å². The van der Waals surface area contributed by atoms with Crippen molar-refractivity contribution in [3.05, 3.63) is 39.9 Å². The maximum atomic E-state index is 10.9. The molecule has 2 N–H and O–H groups in total. The molecule has 98 valence electrons. The lowest BCUT2D eigenvalue weighted by Gasteiger charge is -2.13. The Balaban J connectivity index is 2.64. The predicted octanol–water partition coefficient (Wildman–Crippen LogP) is 1.94. The fourth-order valence-electron chi connectivity index (χ4n) is 1.62. The molecule has 0 fully saturated rings. The van der Waals surface area contributed by atoms with E-state index in [1.54, 1.807) is 12.1 Å². The quantitative estimate of drug-likeness (QED) is 0.571. The zero-order valence-electron chi connectivity index (χ0n) is 10.1. The number of hydrogen-bond donors (Lipinski definition) is 2. The van der Waals surface area contributed by atoms with Crippen molar-refractivity contribution in [3.63, 3.8) is 0 Å². The number of nitro groups is 1. The minimum Gasteiger partial charge on any atom is -0.480 e. The van der Waals surface area contributed by atoms with Gasteiger partial charge in [0.1, 0.15) is 6.04 Å². The van der Waals surface area contributed by atoms with Crippen molar-refractivity contribution in [1.82, 2.24) is 5.32 Å². The average molecular weight is 252 g/mol. The third-order valence-corrected chi connectivity index (χ3v) is 2.55. The molecule has 1 aromatic rings. The number of hydrogen-bond acceptors (Lipinski definition) is 4. The van der Waals surface area contributed by atoms with Crippen LogP contribution in [0.3, 0.4) is 0 Å². The van der Waals surface area contributed by atoms with E-state index < -0.39 is 16.9 Å². The monoisotopic (exact) mass is 252 g/mol. The second-order valence-electron chi connectivity index (χ2n) is 3.99. The summed E-state index contributed by atoms with van der Waals surface area (Å²) in [6, 6.07) is 5.55. The molecule has 0 aliphatic carbocycles. The Kier molecular flexibility index (Phi) is 5.26. The molecule has 1 unspecified atom stereocenters. The molecule has 6 heteroatoms. The van der Waals surface area contributed by atoms with Gasteiger partial charge in [0, 0.05) is 18.7 Å². The molecule has 1 atom stereocenters. The van der Waals surface area contributed by atoms with E-state index in [1.807, 2.05) is 6.92 Å². The van der Waals surface area contributed by atoms with Crippen LogP contribution < -0.4 is 5.32 Å². The Labute approximate surface area is 105 Å². The minimum atomic E-state index is -0.901. The smallest absolute Gasteiger partial charge is 0.320 e. The molecule has 0 saturated carbocycles. The van der Waals surface area contributed by atoms with Crippen LogP contribution in [-0.4, -0.2) is 22.0 Å². The second-order valence-corrected chi connectivity index (χ2v) is 3.99. The molecule has 0 spiro atoms. The number of carbonyl (C=O) groups is 1. The van der Waals surface area contributed by atoms with Gasteiger partial charge in [0.05, 0.1) is 4.92 Å². The lowest BCUT2D eigenvalue weighted by atomic mass is 10.1. The van der Waals surface area contributed by atoms with Crippen LogP contribution in [0.25, 0.3) is 0 Å². The summed E-state index contributed by atoms with van der Waals surface area (Å²) in [6.07, 6.45) is 1.29. The number of nitrogens with one attached hydrogen (secondary N) is 1. The van der Waals surface area contributed by atoms with E-state index in [9.17, 15) is 14.9 Å². The van der Waals surface area contributed by atoms with Gasteiger partial charge < -0.3 is 10.4 Å². The summed E-state index contributed by atoms with van der Waals surface area (Å²) in [7, 11) is 0. The maximum Gasteiger partial charge on any atom is 0.320 e. The van der Waals surface area contributed by atoms with Crippen molar-refractivity contribution < 1.29 is 14.8 Å². The summed E-state index contributed by atoms with van der Waals surface area (Å²) in [4.78, 5) is 21.0. The highest BCUT2D eigenvalue weighted by Gasteiger charge is 2.15. The van der Waals surface area contributed by atoms with Gasteiger partial charge in [-0.1, -0.05) is 25.5 Å². The summed E-state index contributed by atoms with van der Waals surface area (Å²) in [5.74, 6) is -0.901. The van der Waals surface area contributed by atoms with Crippen molar-refractivity contribution in [1.29, 1.82) is 0 Å².